The Bertz CT molecular complexity index is 497. The highest BCUT2D eigenvalue weighted by Gasteiger charge is 2.43. The quantitative estimate of drug-likeness (QED) is 0.532. The Morgan fingerprint density at radius 2 is 1.59 bits per heavy atom. The Balaban J connectivity index is 2.54. The van der Waals surface area contributed by atoms with Crippen LogP contribution in [0.3, 0.4) is 0 Å². The van der Waals surface area contributed by atoms with Gasteiger partial charge in [-0.3, -0.25) is 14.9 Å². The first-order valence-corrected chi connectivity index (χ1v) is 7.36. The average molecular weight is 446 g/mol. The molecule has 1 saturated heterocycles. The summed E-state index contributed by atoms with van der Waals surface area (Å²) in [5.74, 6) is -1.51. The topological polar surface area (TPSA) is 46.2 Å². The molecule has 1 fully saturated rings. The van der Waals surface area contributed by atoms with Gasteiger partial charge in [0, 0.05) is 13.4 Å². The highest BCUT2D eigenvalue weighted by molar-refractivity contribution is 9.11. The molecule has 0 bridgehead atoms. The van der Waals surface area contributed by atoms with Crippen LogP contribution in [-0.2, 0) is 9.59 Å². The fourth-order valence-electron chi connectivity index (χ4n) is 1.68. The van der Waals surface area contributed by atoms with Crippen molar-refractivity contribution in [3.05, 3.63) is 31.1 Å². The van der Waals surface area contributed by atoms with E-state index in [-0.39, 0.29) is 5.91 Å². The summed E-state index contributed by atoms with van der Waals surface area (Å²) < 4.78 is 2.30. The zero-order valence-corrected chi connectivity index (χ0v) is 13.7. The normalized spacial score (nSPS) is 24.0. The summed E-state index contributed by atoms with van der Waals surface area (Å²) in [6.45, 7) is 0. The molecule has 17 heavy (non-hydrogen) atoms. The molecule has 90 valence electrons. The SMILES string of the molecule is O=C1NC(=O)C(c2c(Br)cc(Br)cc2Br)C1Cl. The number of rotatable bonds is 1. The Hall–Kier alpha value is 0.0900. The lowest BCUT2D eigenvalue weighted by atomic mass is 9.97. The fraction of sp³-hybridized carbons (Fsp3) is 0.200. The first kappa shape index (κ1) is 13.5. The predicted octanol–water partition coefficient (Wildman–Crippen LogP) is 3.32. The van der Waals surface area contributed by atoms with Crippen molar-refractivity contribution in [3.63, 3.8) is 0 Å². The van der Waals surface area contributed by atoms with Crippen molar-refractivity contribution >= 4 is 71.2 Å². The molecule has 2 atom stereocenters. The molecule has 1 aliphatic rings. The Morgan fingerprint density at radius 1 is 1.06 bits per heavy atom. The van der Waals surface area contributed by atoms with Crippen LogP contribution in [0.1, 0.15) is 11.5 Å². The van der Waals surface area contributed by atoms with Gasteiger partial charge in [0.1, 0.15) is 5.38 Å². The van der Waals surface area contributed by atoms with Crippen molar-refractivity contribution in [1.29, 1.82) is 0 Å². The van der Waals surface area contributed by atoms with Crippen molar-refractivity contribution in [1.82, 2.24) is 5.32 Å². The number of carbonyl (C=O) groups excluding carboxylic acids is 2. The molecule has 2 unspecified atom stereocenters. The minimum atomic E-state index is -0.878. The van der Waals surface area contributed by atoms with Crippen molar-refractivity contribution in [2.45, 2.75) is 11.3 Å². The zero-order chi connectivity index (χ0) is 12.7. The van der Waals surface area contributed by atoms with E-state index in [9.17, 15) is 9.59 Å². The third-order valence-corrected chi connectivity index (χ3v) is 4.65. The molecule has 0 aromatic heterocycles. The molecule has 1 aliphatic heterocycles. The molecule has 1 N–H and O–H groups in total. The van der Waals surface area contributed by atoms with Gasteiger partial charge in [-0.15, -0.1) is 11.6 Å². The number of nitrogens with one attached hydrogen (secondary N) is 1. The number of imide groups is 1. The number of halogens is 4. The van der Waals surface area contributed by atoms with E-state index in [1.807, 2.05) is 0 Å². The number of hydrogen-bond donors (Lipinski definition) is 1. The van der Waals surface area contributed by atoms with Crippen LogP contribution in [0.25, 0.3) is 0 Å². The van der Waals surface area contributed by atoms with Crippen LogP contribution >= 0.6 is 59.4 Å². The standard InChI is InChI=1S/C10H5Br3ClNO2/c11-3-1-4(12)6(5(13)2-3)7-8(14)10(17)15-9(7)16/h1-2,7-8H,(H,15,16,17). The Labute approximate surface area is 128 Å². The third-order valence-electron chi connectivity index (χ3n) is 2.43. The molecule has 2 rings (SSSR count). The van der Waals surface area contributed by atoms with Crippen LogP contribution in [-0.4, -0.2) is 17.2 Å². The van der Waals surface area contributed by atoms with Crippen molar-refractivity contribution in [2.75, 3.05) is 0 Å². The molecule has 2 amide bonds. The molecule has 0 spiro atoms. The van der Waals surface area contributed by atoms with Gasteiger partial charge in [-0.2, -0.15) is 0 Å². The van der Waals surface area contributed by atoms with E-state index in [4.69, 9.17) is 11.6 Å². The monoisotopic (exact) mass is 443 g/mol. The summed E-state index contributed by atoms with van der Waals surface area (Å²) in [4.78, 5) is 23.1. The molecule has 0 aliphatic carbocycles. The predicted molar refractivity (Wildman–Crippen MR) is 75.1 cm³/mol. The summed E-state index contributed by atoms with van der Waals surface area (Å²) in [7, 11) is 0. The maximum atomic E-state index is 11.7. The van der Waals surface area contributed by atoms with Crippen LogP contribution in [0.5, 0.6) is 0 Å². The number of amides is 2. The van der Waals surface area contributed by atoms with Crippen molar-refractivity contribution < 1.29 is 9.59 Å². The number of hydrogen-bond acceptors (Lipinski definition) is 2. The summed E-state index contributed by atoms with van der Waals surface area (Å²) >= 11 is 16.0. The lowest BCUT2D eigenvalue weighted by molar-refractivity contribution is -0.125. The fourth-order valence-corrected chi connectivity index (χ4v) is 4.73. The van der Waals surface area contributed by atoms with Crippen LogP contribution in [0, 0.1) is 0 Å². The second-order valence-corrected chi connectivity index (χ2v) is 6.61. The third kappa shape index (κ3) is 2.45. The molecule has 0 radical (unpaired) electrons. The zero-order valence-electron chi connectivity index (χ0n) is 8.14. The van der Waals surface area contributed by atoms with Gasteiger partial charge < -0.3 is 0 Å². The summed E-state index contributed by atoms with van der Waals surface area (Å²) in [5.41, 5.74) is 0.677. The van der Waals surface area contributed by atoms with E-state index in [1.54, 1.807) is 12.1 Å². The summed E-state index contributed by atoms with van der Waals surface area (Å²) in [5, 5.41) is 1.34. The average Bonchev–Trinajstić information content (AvgIpc) is 2.43. The first-order chi connectivity index (χ1) is 7.91. The maximum absolute atomic E-state index is 11.7. The van der Waals surface area contributed by atoms with Gasteiger partial charge in [0.2, 0.25) is 11.8 Å². The molecule has 1 aromatic rings. The van der Waals surface area contributed by atoms with E-state index in [1.165, 1.54) is 0 Å². The highest BCUT2D eigenvalue weighted by Crippen LogP contribution is 2.39. The van der Waals surface area contributed by atoms with Crippen LogP contribution < -0.4 is 5.32 Å². The molecular weight excluding hydrogens is 441 g/mol. The van der Waals surface area contributed by atoms with Gasteiger partial charge in [0.05, 0.1) is 5.92 Å². The van der Waals surface area contributed by atoms with Crippen molar-refractivity contribution in [3.8, 4) is 0 Å². The van der Waals surface area contributed by atoms with E-state index >= 15 is 0 Å². The van der Waals surface area contributed by atoms with Crippen LogP contribution in [0.15, 0.2) is 25.6 Å². The second-order valence-electron chi connectivity index (χ2n) is 3.52. The molecule has 1 heterocycles. The lowest BCUT2D eigenvalue weighted by Gasteiger charge is -2.14. The van der Waals surface area contributed by atoms with Gasteiger partial charge in [-0.25, -0.2) is 0 Å². The molecule has 1 aromatic carbocycles. The Kier molecular flexibility index (Phi) is 3.97. The number of benzene rings is 1. The van der Waals surface area contributed by atoms with Gasteiger partial charge in [0.15, 0.2) is 0 Å². The van der Waals surface area contributed by atoms with E-state index in [0.29, 0.717) is 5.56 Å². The molecule has 0 saturated carbocycles. The number of alkyl halides is 1. The molecule has 3 nitrogen and oxygen atoms in total. The second kappa shape index (κ2) is 4.99. The highest BCUT2D eigenvalue weighted by atomic mass is 79.9. The molecule has 7 heteroatoms. The number of carbonyl (C=O) groups is 2. The first-order valence-electron chi connectivity index (χ1n) is 4.55. The van der Waals surface area contributed by atoms with Gasteiger partial charge in [-0.05, 0) is 17.7 Å². The van der Waals surface area contributed by atoms with Gasteiger partial charge in [-0.1, -0.05) is 47.8 Å². The van der Waals surface area contributed by atoms with Gasteiger partial charge in [0.25, 0.3) is 0 Å². The largest absolute Gasteiger partial charge is 0.295 e. The van der Waals surface area contributed by atoms with E-state index in [0.717, 1.165) is 13.4 Å². The van der Waals surface area contributed by atoms with Crippen LogP contribution in [0.2, 0.25) is 0 Å². The molecular formula is C10H5Br3ClNO2. The van der Waals surface area contributed by atoms with Gasteiger partial charge >= 0.3 is 0 Å². The van der Waals surface area contributed by atoms with Crippen molar-refractivity contribution in [2.24, 2.45) is 0 Å². The maximum Gasteiger partial charge on any atom is 0.245 e. The minimum Gasteiger partial charge on any atom is -0.295 e. The van der Waals surface area contributed by atoms with Crippen LogP contribution in [0.4, 0.5) is 0 Å². The van der Waals surface area contributed by atoms with E-state index in [2.05, 4.69) is 53.1 Å². The Morgan fingerprint density at radius 3 is 2.00 bits per heavy atom. The minimum absolute atomic E-state index is 0.376. The summed E-state index contributed by atoms with van der Waals surface area (Å²) in [6.07, 6.45) is 0. The van der Waals surface area contributed by atoms with E-state index < -0.39 is 17.2 Å². The lowest BCUT2D eigenvalue weighted by Crippen LogP contribution is -2.22. The smallest absolute Gasteiger partial charge is 0.245 e. The summed E-state index contributed by atoms with van der Waals surface area (Å²) in [6, 6.07) is 3.61.